The van der Waals surface area contributed by atoms with Gasteiger partial charge in [0.15, 0.2) is 0 Å². The molecule has 0 bridgehead atoms. The Hall–Kier alpha value is -1.79. The molecule has 0 radical (unpaired) electrons. The largest absolute Gasteiger partial charge is 0.289 e. The number of rotatable bonds is 3. The van der Waals surface area contributed by atoms with Gasteiger partial charge >= 0.3 is 0 Å². The van der Waals surface area contributed by atoms with Crippen molar-refractivity contribution in [3.8, 4) is 0 Å². The van der Waals surface area contributed by atoms with Crippen molar-refractivity contribution in [2.45, 2.75) is 44.4 Å². The van der Waals surface area contributed by atoms with Crippen LogP contribution in [0.4, 0.5) is 4.39 Å². The second kappa shape index (κ2) is 8.74. The molecule has 23 heavy (non-hydrogen) atoms. The SMILES string of the molecule is Cc1cc(F)cs1.O=CNO.c1cc(C2CC2)cc(C2CC2)n1. The van der Waals surface area contributed by atoms with Crippen molar-refractivity contribution in [1.29, 1.82) is 0 Å². The third kappa shape index (κ3) is 6.46. The van der Waals surface area contributed by atoms with Crippen LogP contribution in [0, 0.1) is 12.7 Å². The summed E-state index contributed by atoms with van der Waals surface area (Å²) in [6.07, 6.45) is 7.69. The monoisotopic (exact) mass is 336 g/mol. The zero-order chi connectivity index (χ0) is 16.7. The zero-order valence-electron chi connectivity index (χ0n) is 13.0. The molecule has 0 atom stereocenters. The van der Waals surface area contributed by atoms with E-state index in [1.807, 2.05) is 13.1 Å². The molecule has 4 rings (SSSR count). The number of hydrogen-bond acceptors (Lipinski definition) is 4. The van der Waals surface area contributed by atoms with Gasteiger partial charge in [0.2, 0.25) is 6.41 Å². The molecule has 1 amide bonds. The Balaban J connectivity index is 0.000000149. The molecule has 2 aliphatic carbocycles. The Kier molecular flexibility index (Phi) is 6.67. The second-order valence-corrected chi connectivity index (χ2v) is 6.80. The van der Waals surface area contributed by atoms with E-state index in [9.17, 15) is 4.39 Å². The average molecular weight is 336 g/mol. The summed E-state index contributed by atoms with van der Waals surface area (Å²) in [5.41, 5.74) is 4.13. The lowest BCUT2D eigenvalue weighted by molar-refractivity contribution is -0.116. The van der Waals surface area contributed by atoms with E-state index < -0.39 is 0 Å². The number of aryl methyl sites for hydroxylation is 1. The lowest BCUT2D eigenvalue weighted by Gasteiger charge is -2.00. The minimum absolute atomic E-state index is 0.123. The molecule has 124 valence electrons. The minimum atomic E-state index is -0.123. The number of nitrogens with zero attached hydrogens (tertiary/aromatic N) is 1. The first-order chi connectivity index (χ1) is 11.1. The van der Waals surface area contributed by atoms with Crippen LogP contribution in [0.15, 0.2) is 29.8 Å². The number of hydroxylamine groups is 1. The average Bonchev–Trinajstić information content (AvgIpc) is 3.48. The van der Waals surface area contributed by atoms with Crippen LogP contribution in [-0.4, -0.2) is 16.6 Å². The molecule has 0 aliphatic heterocycles. The summed E-state index contributed by atoms with van der Waals surface area (Å²) in [4.78, 5) is 14.2. The van der Waals surface area contributed by atoms with Crippen LogP contribution < -0.4 is 5.48 Å². The van der Waals surface area contributed by atoms with Gasteiger partial charge in [-0.05, 0) is 62.3 Å². The highest BCUT2D eigenvalue weighted by molar-refractivity contribution is 7.09. The van der Waals surface area contributed by atoms with Crippen LogP contribution in [0.5, 0.6) is 0 Å². The smallest absolute Gasteiger partial charge is 0.230 e. The molecule has 2 fully saturated rings. The molecular weight excluding hydrogens is 315 g/mol. The third-order valence-corrected chi connectivity index (χ3v) is 4.43. The molecule has 0 aromatic carbocycles. The Morgan fingerprint density at radius 1 is 1.30 bits per heavy atom. The van der Waals surface area contributed by atoms with Gasteiger partial charge in [-0.3, -0.25) is 15.0 Å². The summed E-state index contributed by atoms with van der Waals surface area (Å²) in [6.45, 7) is 1.88. The number of nitrogens with one attached hydrogen (secondary N) is 1. The number of carbonyl (C=O) groups excluding carboxylic acids is 1. The minimum Gasteiger partial charge on any atom is -0.289 e. The van der Waals surface area contributed by atoms with Crippen LogP contribution in [0.2, 0.25) is 0 Å². The molecule has 2 aromatic rings. The van der Waals surface area contributed by atoms with Crippen molar-refractivity contribution in [1.82, 2.24) is 10.5 Å². The highest BCUT2D eigenvalue weighted by Gasteiger charge is 2.28. The van der Waals surface area contributed by atoms with Gasteiger partial charge in [-0.2, -0.15) is 0 Å². The maximum absolute atomic E-state index is 11.9. The first-order valence-corrected chi connectivity index (χ1v) is 8.51. The van der Waals surface area contributed by atoms with Crippen LogP contribution in [-0.2, 0) is 4.79 Å². The van der Waals surface area contributed by atoms with E-state index in [1.54, 1.807) is 0 Å². The van der Waals surface area contributed by atoms with Crippen LogP contribution >= 0.6 is 11.3 Å². The fourth-order valence-electron chi connectivity index (χ4n) is 2.15. The molecule has 0 saturated heterocycles. The van der Waals surface area contributed by atoms with Crippen molar-refractivity contribution in [3.05, 3.63) is 51.7 Å². The zero-order valence-corrected chi connectivity index (χ0v) is 13.9. The molecule has 0 spiro atoms. The van der Waals surface area contributed by atoms with Crippen LogP contribution in [0.1, 0.15) is 53.7 Å². The first kappa shape index (κ1) is 17.6. The fraction of sp³-hybridized carbons (Fsp3) is 0.412. The molecule has 2 N–H and O–H groups in total. The number of aromatic nitrogens is 1. The van der Waals surface area contributed by atoms with Gasteiger partial charge < -0.3 is 0 Å². The number of carbonyl (C=O) groups is 1. The summed E-state index contributed by atoms with van der Waals surface area (Å²) in [7, 11) is 0. The summed E-state index contributed by atoms with van der Waals surface area (Å²) >= 11 is 1.43. The summed E-state index contributed by atoms with van der Waals surface area (Å²) in [6, 6.07) is 6.03. The van der Waals surface area contributed by atoms with Crippen molar-refractivity contribution >= 4 is 17.7 Å². The number of pyridine rings is 1. The highest BCUT2D eigenvalue weighted by atomic mass is 32.1. The van der Waals surface area contributed by atoms with E-state index in [0.29, 0.717) is 0 Å². The molecule has 2 aliphatic rings. The van der Waals surface area contributed by atoms with E-state index in [1.165, 1.54) is 65.2 Å². The summed E-state index contributed by atoms with van der Waals surface area (Å²) in [5.74, 6) is 1.57. The normalized spacial score (nSPS) is 15.6. The van der Waals surface area contributed by atoms with Crippen molar-refractivity contribution in [3.63, 3.8) is 0 Å². The predicted molar refractivity (Wildman–Crippen MR) is 88.2 cm³/mol. The van der Waals surface area contributed by atoms with E-state index in [0.717, 1.165) is 16.7 Å². The number of hydrogen-bond donors (Lipinski definition) is 2. The van der Waals surface area contributed by atoms with Crippen molar-refractivity contribution in [2.75, 3.05) is 0 Å². The highest BCUT2D eigenvalue weighted by Crippen LogP contribution is 2.43. The Morgan fingerprint density at radius 3 is 2.35 bits per heavy atom. The van der Waals surface area contributed by atoms with Crippen molar-refractivity contribution in [2.24, 2.45) is 0 Å². The molecule has 4 nitrogen and oxygen atoms in total. The number of amides is 1. The Morgan fingerprint density at radius 2 is 1.96 bits per heavy atom. The van der Waals surface area contributed by atoms with Crippen LogP contribution in [0.3, 0.4) is 0 Å². The molecule has 2 aromatic heterocycles. The topological polar surface area (TPSA) is 62.2 Å². The van der Waals surface area contributed by atoms with Gasteiger partial charge in [-0.25, -0.2) is 9.87 Å². The lowest BCUT2D eigenvalue weighted by Crippen LogP contribution is -1.99. The van der Waals surface area contributed by atoms with E-state index in [4.69, 9.17) is 10.0 Å². The van der Waals surface area contributed by atoms with Gasteiger partial charge in [0.05, 0.1) is 0 Å². The van der Waals surface area contributed by atoms with Crippen LogP contribution in [0.25, 0.3) is 0 Å². The Labute approximate surface area is 139 Å². The van der Waals surface area contributed by atoms with Gasteiger partial charge in [0.25, 0.3) is 0 Å². The first-order valence-electron chi connectivity index (χ1n) is 7.63. The maximum Gasteiger partial charge on any atom is 0.230 e. The lowest BCUT2D eigenvalue weighted by atomic mass is 10.1. The van der Waals surface area contributed by atoms with Gasteiger partial charge in [0.1, 0.15) is 5.82 Å². The molecule has 0 unspecified atom stereocenters. The van der Waals surface area contributed by atoms with Crippen molar-refractivity contribution < 1.29 is 14.4 Å². The maximum atomic E-state index is 11.9. The van der Waals surface area contributed by atoms with Gasteiger partial charge in [-0.15, -0.1) is 11.3 Å². The Bertz CT molecular complexity index is 581. The second-order valence-electron chi connectivity index (χ2n) is 5.69. The van der Waals surface area contributed by atoms with E-state index in [2.05, 4.69) is 17.1 Å². The van der Waals surface area contributed by atoms with Gasteiger partial charge in [-0.1, -0.05) is 0 Å². The standard InChI is InChI=1S/C11H13N.C5H5FS.CH3NO2/c1-2-8(1)10-5-6-12-11(7-10)9-3-4-9;1-4-2-5(6)3-7-4;3-1-2-4/h5-9H,1-4H2;2-3H,1H3;1,4H,(H,2,3). The number of halogens is 1. The summed E-state index contributed by atoms with van der Waals surface area (Å²) < 4.78 is 11.9. The fourth-order valence-corrected chi connectivity index (χ4v) is 2.70. The molecule has 6 heteroatoms. The van der Waals surface area contributed by atoms with E-state index >= 15 is 0 Å². The van der Waals surface area contributed by atoms with E-state index in [-0.39, 0.29) is 12.2 Å². The summed E-state index contributed by atoms with van der Waals surface area (Å²) in [5, 5.41) is 8.75. The third-order valence-electron chi connectivity index (χ3n) is 3.60. The molecule has 2 heterocycles. The molecule has 2 saturated carbocycles. The molecular formula is C17H21FN2O2S. The van der Waals surface area contributed by atoms with Gasteiger partial charge in [0, 0.05) is 28.1 Å². The number of thiophene rings is 1. The predicted octanol–water partition coefficient (Wildman–Crippen LogP) is 4.15. The quantitative estimate of drug-likeness (QED) is 0.503.